The monoisotopic (exact) mass is 159 g/mol. The second kappa shape index (κ2) is 5.65. The molecule has 62 valence electrons. The van der Waals surface area contributed by atoms with Crippen molar-refractivity contribution in [1.29, 1.82) is 5.26 Å². The Bertz CT molecular complexity index is 162. The summed E-state index contributed by atoms with van der Waals surface area (Å²) >= 11 is 0. The molecule has 0 aromatic carbocycles. The maximum atomic E-state index is 10.4. The molecule has 0 heterocycles. The summed E-state index contributed by atoms with van der Waals surface area (Å²) in [5.74, 6) is -0.694. The van der Waals surface area contributed by atoms with Crippen LogP contribution in [-0.4, -0.2) is 35.5 Å². The number of ether oxygens (including phenoxy) is 1. The lowest BCUT2D eigenvalue weighted by Crippen LogP contribution is -2.21. The lowest BCUT2D eigenvalue weighted by atomic mass is 10.4. The Labute approximate surface area is 63.8 Å². The summed E-state index contributed by atoms with van der Waals surface area (Å²) in [5, 5.41) is 24.9. The molecule has 5 nitrogen and oxygen atoms in total. The Morgan fingerprint density at radius 2 is 2.36 bits per heavy atom. The summed E-state index contributed by atoms with van der Waals surface area (Å²) < 4.78 is 4.36. The topological polar surface area (TPSA) is 90.6 Å². The van der Waals surface area contributed by atoms with E-state index in [1.165, 1.54) is 0 Å². The number of nitrogens with zero attached hydrogens (tertiary/aromatic N) is 1. The molecule has 0 aliphatic carbocycles. The van der Waals surface area contributed by atoms with Gasteiger partial charge >= 0.3 is 5.97 Å². The number of rotatable bonds is 4. The second-order valence-electron chi connectivity index (χ2n) is 1.85. The van der Waals surface area contributed by atoms with Crippen LogP contribution in [-0.2, 0) is 9.53 Å². The van der Waals surface area contributed by atoms with Crippen molar-refractivity contribution in [2.75, 3.05) is 13.2 Å². The zero-order chi connectivity index (χ0) is 8.69. The van der Waals surface area contributed by atoms with Gasteiger partial charge in [0.2, 0.25) is 0 Å². The van der Waals surface area contributed by atoms with Crippen LogP contribution in [0, 0.1) is 11.3 Å². The van der Waals surface area contributed by atoms with Gasteiger partial charge in [0.15, 0.2) is 0 Å². The van der Waals surface area contributed by atoms with Gasteiger partial charge < -0.3 is 14.9 Å². The van der Waals surface area contributed by atoms with Gasteiger partial charge in [0, 0.05) is 0 Å². The quantitative estimate of drug-likeness (QED) is 0.502. The molecule has 0 aromatic rings. The standard InChI is InChI=1S/C6H9NO4/c7-2-1-6(10)11-4-5(9)3-8/h5,8-9H,1,3-4H2. The van der Waals surface area contributed by atoms with Gasteiger partial charge in [-0.3, -0.25) is 4.79 Å². The van der Waals surface area contributed by atoms with Crippen LogP contribution in [0.3, 0.4) is 0 Å². The Morgan fingerprint density at radius 1 is 1.73 bits per heavy atom. The van der Waals surface area contributed by atoms with Crippen molar-refractivity contribution >= 4 is 5.97 Å². The van der Waals surface area contributed by atoms with Crippen LogP contribution in [0.5, 0.6) is 0 Å². The molecular formula is C6H9NO4. The Morgan fingerprint density at radius 3 is 2.82 bits per heavy atom. The third kappa shape index (κ3) is 5.33. The zero-order valence-electron chi connectivity index (χ0n) is 5.86. The van der Waals surface area contributed by atoms with Crippen molar-refractivity contribution in [1.82, 2.24) is 0 Å². The molecule has 0 radical (unpaired) electrons. The van der Waals surface area contributed by atoms with E-state index < -0.39 is 18.7 Å². The van der Waals surface area contributed by atoms with E-state index in [4.69, 9.17) is 15.5 Å². The number of esters is 1. The minimum Gasteiger partial charge on any atom is -0.462 e. The molecule has 0 rings (SSSR count). The molecule has 11 heavy (non-hydrogen) atoms. The smallest absolute Gasteiger partial charge is 0.320 e. The fourth-order valence-corrected chi connectivity index (χ4v) is 0.357. The maximum absolute atomic E-state index is 10.4. The summed E-state index contributed by atoms with van der Waals surface area (Å²) in [4.78, 5) is 10.4. The zero-order valence-corrected chi connectivity index (χ0v) is 5.86. The highest BCUT2D eigenvalue weighted by molar-refractivity contribution is 5.71. The molecule has 0 saturated heterocycles. The van der Waals surface area contributed by atoms with E-state index in [1.54, 1.807) is 6.07 Å². The molecule has 0 aliphatic rings. The summed E-state index contributed by atoms with van der Waals surface area (Å²) in [6, 6.07) is 1.59. The van der Waals surface area contributed by atoms with E-state index in [2.05, 4.69) is 4.74 Å². The van der Waals surface area contributed by atoms with Crippen molar-refractivity contribution in [3.05, 3.63) is 0 Å². The molecule has 1 unspecified atom stereocenters. The highest BCUT2D eigenvalue weighted by atomic mass is 16.5. The first kappa shape index (κ1) is 9.88. The molecule has 1 atom stereocenters. The van der Waals surface area contributed by atoms with E-state index >= 15 is 0 Å². The molecule has 5 heteroatoms. The van der Waals surface area contributed by atoms with Gasteiger partial charge in [-0.1, -0.05) is 0 Å². The second-order valence-corrected chi connectivity index (χ2v) is 1.85. The summed E-state index contributed by atoms with van der Waals surface area (Å²) in [6.45, 7) is -0.725. The molecular weight excluding hydrogens is 150 g/mol. The third-order valence-electron chi connectivity index (χ3n) is 0.871. The van der Waals surface area contributed by atoms with Gasteiger partial charge in [-0.25, -0.2) is 0 Å². The normalized spacial score (nSPS) is 11.7. The number of hydrogen-bond acceptors (Lipinski definition) is 5. The highest BCUT2D eigenvalue weighted by Gasteiger charge is 2.06. The van der Waals surface area contributed by atoms with Crippen LogP contribution in [0.1, 0.15) is 6.42 Å². The molecule has 0 aromatic heterocycles. The molecule has 0 fully saturated rings. The lowest BCUT2D eigenvalue weighted by molar-refractivity contribution is -0.146. The predicted molar refractivity (Wildman–Crippen MR) is 34.3 cm³/mol. The molecule has 0 bridgehead atoms. The number of hydrogen-bond donors (Lipinski definition) is 2. The van der Waals surface area contributed by atoms with E-state index in [9.17, 15) is 4.79 Å². The predicted octanol–water partition coefficient (Wildman–Crippen LogP) is -1.20. The Balaban J connectivity index is 3.39. The summed E-state index contributed by atoms with van der Waals surface area (Å²) in [7, 11) is 0. The van der Waals surface area contributed by atoms with Crippen LogP contribution < -0.4 is 0 Å². The van der Waals surface area contributed by atoms with E-state index in [0.717, 1.165) is 0 Å². The Hall–Kier alpha value is -1.12. The number of aliphatic hydroxyl groups excluding tert-OH is 2. The van der Waals surface area contributed by atoms with E-state index in [-0.39, 0.29) is 13.0 Å². The Kier molecular flexibility index (Phi) is 5.07. The van der Waals surface area contributed by atoms with Crippen LogP contribution in [0.2, 0.25) is 0 Å². The van der Waals surface area contributed by atoms with Crippen LogP contribution in [0.4, 0.5) is 0 Å². The maximum Gasteiger partial charge on any atom is 0.320 e. The van der Waals surface area contributed by atoms with Crippen molar-refractivity contribution in [3.63, 3.8) is 0 Å². The van der Waals surface area contributed by atoms with Gasteiger partial charge in [0.05, 0.1) is 12.7 Å². The van der Waals surface area contributed by atoms with Gasteiger partial charge in [-0.05, 0) is 0 Å². The highest BCUT2D eigenvalue weighted by Crippen LogP contribution is 1.87. The fraction of sp³-hybridized carbons (Fsp3) is 0.667. The first-order valence-electron chi connectivity index (χ1n) is 3.02. The largest absolute Gasteiger partial charge is 0.462 e. The fourth-order valence-electron chi connectivity index (χ4n) is 0.357. The van der Waals surface area contributed by atoms with Crippen molar-refractivity contribution in [2.24, 2.45) is 0 Å². The molecule has 0 saturated carbocycles. The van der Waals surface area contributed by atoms with E-state index in [0.29, 0.717) is 0 Å². The van der Waals surface area contributed by atoms with Crippen LogP contribution >= 0.6 is 0 Å². The number of carbonyl (C=O) groups is 1. The summed E-state index contributed by atoms with van der Waals surface area (Å²) in [6.07, 6.45) is -1.39. The minimum absolute atomic E-state index is 0.267. The lowest BCUT2D eigenvalue weighted by Gasteiger charge is -2.05. The van der Waals surface area contributed by atoms with Gasteiger partial charge in [0.25, 0.3) is 0 Å². The van der Waals surface area contributed by atoms with Crippen molar-refractivity contribution in [3.8, 4) is 6.07 Å². The number of aliphatic hydroxyl groups is 2. The van der Waals surface area contributed by atoms with Gasteiger partial charge in [-0.2, -0.15) is 5.26 Å². The van der Waals surface area contributed by atoms with E-state index in [1.807, 2.05) is 0 Å². The first-order chi connectivity index (χ1) is 5.20. The first-order valence-corrected chi connectivity index (χ1v) is 3.02. The van der Waals surface area contributed by atoms with Crippen molar-refractivity contribution < 1.29 is 19.7 Å². The third-order valence-corrected chi connectivity index (χ3v) is 0.871. The summed E-state index contributed by atoms with van der Waals surface area (Å²) in [5.41, 5.74) is 0. The minimum atomic E-state index is -1.06. The number of nitriles is 1. The molecule has 2 N–H and O–H groups in total. The SMILES string of the molecule is N#CCC(=O)OCC(O)CO. The van der Waals surface area contributed by atoms with Gasteiger partial charge in [0.1, 0.15) is 19.1 Å². The molecule has 0 spiro atoms. The molecule has 0 amide bonds. The molecule has 0 aliphatic heterocycles. The average Bonchev–Trinajstić information content (AvgIpc) is 2.01. The number of carbonyl (C=O) groups excluding carboxylic acids is 1. The van der Waals surface area contributed by atoms with Crippen molar-refractivity contribution in [2.45, 2.75) is 12.5 Å². The van der Waals surface area contributed by atoms with Crippen LogP contribution in [0.15, 0.2) is 0 Å². The van der Waals surface area contributed by atoms with Crippen LogP contribution in [0.25, 0.3) is 0 Å². The average molecular weight is 159 g/mol. The van der Waals surface area contributed by atoms with Gasteiger partial charge in [-0.15, -0.1) is 0 Å².